The van der Waals surface area contributed by atoms with Gasteiger partial charge in [0.25, 0.3) is 0 Å². The molecule has 0 aliphatic rings. The third-order valence-electron chi connectivity index (χ3n) is 2.08. The number of primary amides is 1. The molecule has 17 heavy (non-hydrogen) atoms. The molecule has 0 radical (unpaired) electrons. The normalized spacial score (nSPS) is 12.9. The van der Waals surface area contributed by atoms with Crippen molar-refractivity contribution in [1.82, 2.24) is 10.6 Å². The van der Waals surface area contributed by atoms with Crippen molar-refractivity contribution in [2.75, 3.05) is 6.54 Å². The average molecular weight is 245 g/mol. The van der Waals surface area contributed by atoms with Crippen LogP contribution in [-0.2, 0) is 14.4 Å². The zero-order valence-corrected chi connectivity index (χ0v) is 10.2. The number of carbonyl (C=O) groups is 3. The predicted octanol–water partition coefficient (Wildman–Crippen LogP) is -1.18. The first-order chi connectivity index (χ1) is 7.64. The Morgan fingerprint density at radius 2 is 1.88 bits per heavy atom. The molecule has 0 fully saturated rings. The molecule has 0 rings (SSSR count). The summed E-state index contributed by atoms with van der Waals surface area (Å²) in [5, 5.41) is 14.0. The van der Waals surface area contributed by atoms with Crippen molar-refractivity contribution in [2.24, 2.45) is 5.73 Å². The number of amides is 2. The van der Waals surface area contributed by atoms with E-state index in [-0.39, 0.29) is 13.0 Å². The van der Waals surface area contributed by atoms with Crippen molar-refractivity contribution in [1.29, 1.82) is 0 Å². The maximum atomic E-state index is 10.8. The van der Waals surface area contributed by atoms with Gasteiger partial charge in [0, 0.05) is 25.4 Å². The molecule has 0 bridgehead atoms. The molecular weight excluding hydrogens is 226 g/mol. The van der Waals surface area contributed by atoms with Gasteiger partial charge in [-0.1, -0.05) is 0 Å². The minimum absolute atomic E-state index is 0.0230. The second-order valence-corrected chi connectivity index (χ2v) is 4.50. The van der Waals surface area contributed by atoms with Crippen LogP contribution < -0.4 is 16.4 Å². The van der Waals surface area contributed by atoms with Crippen LogP contribution in [0.15, 0.2) is 0 Å². The third kappa shape index (κ3) is 7.29. The molecule has 7 heteroatoms. The SMILES string of the molecule is CC(=O)NC(CNC(C)(C)CC(N)=O)C(=O)O. The highest BCUT2D eigenvalue weighted by Gasteiger charge is 2.24. The number of nitrogens with one attached hydrogen (secondary N) is 2. The Bertz CT molecular complexity index is 315. The van der Waals surface area contributed by atoms with Crippen LogP contribution in [0.4, 0.5) is 0 Å². The standard InChI is InChI=1S/C10H19N3O4/c1-6(14)13-7(9(16)17)5-12-10(2,3)4-8(11)15/h7,12H,4-5H2,1-3H3,(H2,11,15)(H,13,14)(H,16,17). The number of rotatable bonds is 7. The lowest BCUT2D eigenvalue weighted by Gasteiger charge is -2.26. The second-order valence-electron chi connectivity index (χ2n) is 4.50. The van der Waals surface area contributed by atoms with Crippen LogP contribution in [0.25, 0.3) is 0 Å². The molecule has 0 heterocycles. The first-order valence-corrected chi connectivity index (χ1v) is 5.17. The molecule has 0 aromatic rings. The smallest absolute Gasteiger partial charge is 0.327 e. The fourth-order valence-corrected chi connectivity index (χ4v) is 1.32. The van der Waals surface area contributed by atoms with E-state index in [4.69, 9.17) is 10.8 Å². The number of hydrogen-bond acceptors (Lipinski definition) is 4. The van der Waals surface area contributed by atoms with Gasteiger partial charge in [-0.25, -0.2) is 4.79 Å². The summed E-state index contributed by atoms with van der Waals surface area (Å²) in [6, 6.07) is -1.03. The number of hydrogen-bond donors (Lipinski definition) is 4. The largest absolute Gasteiger partial charge is 0.480 e. The zero-order valence-electron chi connectivity index (χ0n) is 10.2. The lowest BCUT2D eigenvalue weighted by atomic mass is 10.00. The number of aliphatic carboxylic acids is 1. The Morgan fingerprint density at radius 3 is 2.24 bits per heavy atom. The van der Waals surface area contributed by atoms with Gasteiger partial charge in [0.15, 0.2) is 0 Å². The molecule has 1 unspecified atom stereocenters. The van der Waals surface area contributed by atoms with Gasteiger partial charge in [0.1, 0.15) is 6.04 Å². The van der Waals surface area contributed by atoms with Crippen molar-refractivity contribution in [3.8, 4) is 0 Å². The summed E-state index contributed by atoms with van der Waals surface area (Å²) in [5.41, 5.74) is 4.45. The summed E-state index contributed by atoms with van der Waals surface area (Å²) in [5.74, 6) is -2.04. The number of carbonyl (C=O) groups excluding carboxylic acids is 2. The first-order valence-electron chi connectivity index (χ1n) is 5.17. The molecule has 1 atom stereocenters. The zero-order chi connectivity index (χ0) is 13.6. The highest BCUT2D eigenvalue weighted by molar-refractivity contribution is 5.82. The van der Waals surface area contributed by atoms with E-state index >= 15 is 0 Å². The molecule has 0 aliphatic carbocycles. The fraction of sp³-hybridized carbons (Fsp3) is 0.700. The minimum Gasteiger partial charge on any atom is -0.480 e. The molecule has 0 aromatic carbocycles. The Labute approximate surface area is 99.7 Å². The summed E-state index contributed by atoms with van der Waals surface area (Å²) in [4.78, 5) is 32.4. The van der Waals surface area contributed by atoms with Gasteiger partial charge in [0.2, 0.25) is 11.8 Å². The highest BCUT2D eigenvalue weighted by atomic mass is 16.4. The minimum atomic E-state index is -1.14. The summed E-state index contributed by atoms with van der Waals surface area (Å²) in [6.07, 6.45) is 0.0827. The van der Waals surface area contributed by atoms with E-state index in [2.05, 4.69) is 10.6 Å². The molecule has 98 valence electrons. The van der Waals surface area contributed by atoms with Gasteiger partial charge in [-0.3, -0.25) is 9.59 Å². The quantitative estimate of drug-likeness (QED) is 0.450. The number of carboxylic acid groups (broad SMARTS) is 1. The van der Waals surface area contributed by atoms with Crippen molar-refractivity contribution in [3.63, 3.8) is 0 Å². The second kappa shape index (κ2) is 6.19. The van der Waals surface area contributed by atoms with E-state index in [0.29, 0.717) is 0 Å². The van der Waals surface area contributed by atoms with Crippen molar-refractivity contribution >= 4 is 17.8 Å². The van der Waals surface area contributed by atoms with Gasteiger partial charge in [-0.05, 0) is 13.8 Å². The van der Waals surface area contributed by atoms with E-state index in [0.717, 1.165) is 0 Å². The molecule has 2 amide bonds. The van der Waals surface area contributed by atoms with Crippen LogP contribution in [-0.4, -0.2) is 41.0 Å². The van der Waals surface area contributed by atoms with Crippen LogP contribution in [0.3, 0.4) is 0 Å². The summed E-state index contributed by atoms with van der Waals surface area (Å²) < 4.78 is 0. The molecule has 0 aliphatic heterocycles. The third-order valence-corrected chi connectivity index (χ3v) is 2.08. The van der Waals surface area contributed by atoms with Gasteiger partial charge in [0.05, 0.1) is 0 Å². The van der Waals surface area contributed by atoms with Gasteiger partial charge in [-0.2, -0.15) is 0 Å². The predicted molar refractivity (Wildman–Crippen MR) is 61.1 cm³/mol. The summed E-state index contributed by atoms with van der Waals surface area (Å²) >= 11 is 0. The maximum absolute atomic E-state index is 10.8. The fourth-order valence-electron chi connectivity index (χ4n) is 1.32. The van der Waals surface area contributed by atoms with E-state index in [1.54, 1.807) is 13.8 Å². The van der Waals surface area contributed by atoms with Crippen LogP contribution in [0.1, 0.15) is 27.2 Å². The number of nitrogens with two attached hydrogens (primary N) is 1. The molecule has 0 aromatic heterocycles. The Kier molecular flexibility index (Phi) is 5.60. The van der Waals surface area contributed by atoms with E-state index in [9.17, 15) is 14.4 Å². The van der Waals surface area contributed by atoms with Crippen molar-refractivity contribution < 1.29 is 19.5 Å². The van der Waals surface area contributed by atoms with Crippen LogP contribution >= 0.6 is 0 Å². The maximum Gasteiger partial charge on any atom is 0.327 e. The lowest BCUT2D eigenvalue weighted by molar-refractivity contribution is -0.141. The lowest BCUT2D eigenvalue weighted by Crippen LogP contribution is -2.52. The van der Waals surface area contributed by atoms with Gasteiger partial charge in [-0.15, -0.1) is 0 Å². The summed E-state index contributed by atoms with van der Waals surface area (Å²) in [6.45, 7) is 4.72. The Morgan fingerprint density at radius 1 is 1.35 bits per heavy atom. The van der Waals surface area contributed by atoms with E-state index < -0.39 is 29.4 Å². The molecule has 5 N–H and O–H groups in total. The Balaban J connectivity index is 4.34. The monoisotopic (exact) mass is 245 g/mol. The van der Waals surface area contributed by atoms with Crippen molar-refractivity contribution in [3.05, 3.63) is 0 Å². The topological polar surface area (TPSA) is 122 Å². The molecular formula is C10H19N3O4. The van der Waals surface area contributed by atoms with E-state index in [1.165, 1.54) is 6.92 Å². The molecule has 0 saturated carbocycles. The molecule has 0 spiro atoms. The van der Waals surface area contributed by atoms with Crippen LogP contribution in [0.5, 0.6) is 0 Å². The molecule has 7 nitrogen and oxygen atoms in total. The van der Waals surface area contributed by atoms with Crippen LogP contribution in [0, 0.1) is 0 Å². The van der Waals surface area contributed by atoms with Crippen molar-refractivity contribution in [2.45, 2.75) is 38.8 Å². The summed E-state index contributed by atoms with van der Waals surface area (Å²) in [7, 11) is 0. The molecule has 0 saturated heterocycles. The number of carboxylic acids is 1. The average Bonchev–Trinajstić information content (AvgIpc) is 2.08. The van der Waals surface area contributed by atoms with Gasteiger partial charge < -0.3 is 21.5 Å². The van der Waals surface area contributed by atoms with Crippen LogP contribution in [0.2, 0.25) is 0 Å². The van der Waals surface area contributed by atoms with E-state index in [1.807, 2.05) is 0 Å². The highest BCUT2D eigenvalue weighted by Crippen LogP contribution is 2.07. The first kappa shape index (κ1) is 15.4. The Hall–Kier alpha value is -1.63. The van der Waals surface area contributed by atoms with Gasteiger partial charge >= 0.3 is 5.97 Å².